The van der Waals surface area contributed by atoms with Crippen molar-refractivity contribution < 1.29 is 13.2 Å². The van der Waals surface area contributed by atoms with Gasteiger partial charge in [0.1, 0.15) is 0 Å². The Balaban J connectivity index is 2.00. The van der Waals surface area contributed by atoms with Crippen molar-refractivity contribution in [1.82, 2.24) is 5.32 Å². The summed E-state index contributed by atoms with van der Waals surface area (Å²) in [4.78, 5) is 2.01. The number of halogens is 3. The van der Waals surface area contributed by atoms with E-state index in [1.165, 1.54) is 12.1 Å². The van der Waals surface area contributed by atoms with Gasteiger partial charge in [0.25, 0.3) is 0 Å². The molecule has 1 unspecified atom stereocenters. The third-order valence-electron chi connectivity index (χ3n) is 3.33. The van der Waals surface area contributed by atoms with E-state index in [1.54, 1.807) is 0 Å². The SMILES string of the molecule is CN(CC1CCNC1)c1ccc(C(F)(F)F)cc1. The molecule has 0 spiro atoms. The summed E-state index contributed by atoms with van der Waals surface area (Å²) in [7, 11) is 1.92. The number of hydrogen-bond acceptors (Lipinski definition) is 2. The second-order valence-corrected chi connectivity index (χ2v) is 4.78. The fourth-order valence-electron chi connectivity index (χ4n) is 2.27. The van der Waals surface area contributed by atoms with Gasteiger partial charge in [-0.15, -0.1) is 0 Å². The Bertz CT molecular complexity index is 380. The molecule has 1 aliphatic rings. The molecule has 0 aliphatic carbocycles. The molecule has 1 heterocycles. The van der Waals surface area contributed by atoms with Crippen molar-refractivity contribution >= 4 is 5.69 Å². The van der Waals surface area contributed by atoms with E-state index in [2.05, 4.69) is 5.32 Å². The van der Waals surface area contributed by atoms with Crippen LogP contribution in [0.3, 0.4) is 0 Å². The van der Waals surface area contributed by atoms with E-state index in [9.17, 15) is 13.2 Å². The van der Waals surface area contributed by atoms with Crippen LogP contribution in [0.1, 0.15) is 12.0 Å². The van der Waals surface area contributed by atoms with Crippen molar-refractivity contribution in [2.24, 2.45) is 5.92 Å². The number of anilines is 1. The highest BCUT2D eigenvalue weighted by Gasteiger charge is 2.30. The van der Waals surface area contributed by atoms with Crippen molar-refractivity contribution in [2.45, 2.75) is 12.6 Å². The van der Waals surface area contributed by atoms with Gasteiger partial charge < -0.3 is 10.2 Å². The van der Waals surface area contributed by atoms with Crippen molar-refractivity contribution in [1.29, 1.82) is 0 Å². The summed E-state index contributed by atoms with van der Waals surface area (Å²) in [6.45, 7) is 2.90. The maximum absolute atomic E-state index is 12.4. The first kappa shape index (κ1) is 13.2. The minimum Gasteiger partial charge on any atom is -0.374 e. The van der Waals surface area contributed by atoms with Crippen LogP contribution in [0.2, 0.25) is 0 Å². The summed E-state index contributed by atoms with van der Waals surface area (Å²) in [6.07, 6.45) is -3.13. The minimum atomic E-state index is -4.26. The van der Waals surface area contributed by atoms with Gasteiger partial charge >= 0.3 is 6.18 Å². The topological polar surface area (TPSA) is 15.3 Å². The van der Waals surface area contributed by atoms with Crippen molar-refractivity contribution in [3.8, 4) is 0 Å². The summed E-state index contributed by atoms with van der Waals surface area (Å²) in [5.74, 6) is 0.581. The van der Waals surface area contributed by atoms with E-state index in [0.717, 1.165) is 43.9 Å². The number of nitrogens with zero attached hydrogens (tertiary/aromatic N) is 1. The van der Waals surface area contributed by atoms with Gasteiger partial charge in [-0.25, -0.2) is 0 Å². The number of hydrogen-bond donors (Lipinski definition) is 1. The van der Waals surface area contributed by atoms with E-state index in [1.807, 2.05) is 11.9 Å². The summed E-state index contributed by atoms with van der Waals surface area (Å²) in [5, 5.41) is 3.28. The van der Waals surface area contributed by atoms with Crippen LogP contribution in [0.25, 0.3) is 0 Å². The predicted octanol–water partition coefficient (Wildman–Crippen LogP) is 2.75. The Labute approximate surface area is 105 Å². The molecular weight excluding hydrogens is 241 g/mol. The van der Waals surface area contributed by atoms with Gasteiger partial charge in [-0.05, 0) is 49.7 Å². The smallest absolute Gasteiger partial charge is 0.374 e. The van der Waals surface area contributed by atoms with Crippen LogP contribution in [0.5, 0.6) is 0 Å². The second-order valence-electron chi connectivity index (χ2n) is 4.78. The Hall–Kier alpha value is -1.23. The lowest BCUT2D eigenvalue weighted by molar-refractivity contribution is -0.137. The Morgan fingerprint density at radius 2 is 1.94 bits per heavy atom. The van der Waals surface area contributed by atoms with Crippen molar-refractivity contribution in [3.63, 3.8) is 0 Å². The van der Waals surface area contributed by atoms with Gasteiger partial charge in [0.05, 0.1) is 5.56 Å². The molecule has 0 aromatic heterocycles. The number of rotatable bonds is 3. The molecule has 2 rings (SSSR count). The molecule has 1 fully saturated rings. The van der Waals surface area contributed by atoms with E-state index in [-0.39, 0.29) is 0 Å². The molecule has 1 atom stereocenters. The molecule has 18 heavy (non-hydrogen) atoms. The van der Waals surface area contributed by atoms with Crippen LogP contribution in [-0.4, -0.2) is 26.7 Å². The van der Waals surface area contributed by atoms with Gasteiger partial charge in [-0.1, -0.05) is 0 Å². The average Bonchev–Trinajstić information content (AvgIpc) is 2.81. The Morgan fingerprint density at radius 3 is 2.44 bits per heavy atom. The maximum Gasteiger partial charge on any atom is 0.416 e. The molecule has 0 radical (unpaired) electrons. The normalized spacial score (nSPS) is 20.1. The summed E-state index contributed by atoms with van der Waals surface area (Å²) >= 11 is 0. The summed E-state index contributed by atoms with van der Waals surface area (Å²) in [5.41, 5.74) is 0.233. The first-order valence-corrected chi connectivity index (χ1v) is 6.06. The fraction of sp³-hybridized carbons (Fsp3) is 0.538. The van der Waals surface area contributed by atoms with Crippen LogP contribution in [0, 0.1) is 5.92 Å². The number of nitrogens with one attached hydrogen (secondary N) is 1. The average molecular weight is 258 g/mol. The first-order chi connectivity index (χ1) is 8.47. The quantitative estimate of drug-likeness (QED) is 0.896. The zero-order chi connectivity index (χ0) is 13.2. The highest BCUT2D eigenvalue weighted by Crippen LogP contribution is 2.30. The highest BCUT2D eigenvalue weighted by molar-refractivity contribution is 5.47. The maximum atomic E-state index is 12.4. The Morgan fingerprint density at radius 1 is 1.28 bits per heavy atom. The van der Waals surface area contributed by atoms with E-state index in [4.69, 9.17) is 0 Å². The largest absolute Gasteiger partial charge is 0.416 e. The number of benzene rings is 1. The van der Waals surface area contributed by atoms with Gasteiger partial charge in [-0.2, -0.15) is 13.2 Å². The van der Waals surface area contributed by atoms with Crippen LogP contribution >= 0.6 is 0 Å². The lowest BCUT2D eigenvalue weighted by Crippen LogP contribution is -2.26. The van der Waals surface area contributed by atoms with E-state index < -0.39 is 11.7 Å². The second kappa shape index (κ2) is 5.18. The molecular formula is C13H17F3N2. The predicted molar refractivity (Wildman–Crippen MR) is 65.7 cm³/mol. The van der Waals surface area contributed by atoms with Crippen molar-refractivity contribution in [2.75, 3.05) is 31.6 Å². The monoisotopic (exact) mass is 258 g/mol. The fourth-order valence-corrected chi connectivity index (χ4v) is 2.27. The zero-order valence-electron chi connectivity index (χ0n) is 10.3. The van der Waals surface area contributed by atoms with Crippen LogP contribution < -0.4 is 10.2 Å². The lowest BCUT2D eigenvalue weighted by atomic mass is 10.1. The van der Waals surface area contributed by atoms with Gasteiger partial charge in [0.15, 0.2) is 0 Å². The molecule has 2 nitrogen and oxygen atoms in total. The molecule has 1 aromatic carbocycles. The van der Waals surface area contributed by atoms with Crippen LogP contribution in [0.4, 0.5) is 18.9 Å². The van der Waals surface area contributed by atoms with Gasteiger partial charge in [0, 0.05) is 19.3 Å². The molecule has 1 aliphatic heterocycles. The zero-order valence-corrected chi connectivity index (χ0v) is 10.3. The Kier molecular flexibility index (Phi) is 3.80. The van der Waals surface area contributed by atoms with Gasteiger partial charge in [0.2, 0.25) is 0 Å². The summed E-state index contributed by atoms with van der Waals surface area (Å²) in [6, 6.07) is 5.34. The van der Waals surface area contributed by atoms with E-state index in [0.29, 0.717) is 5.92 Å². The third kappa shape index (κ3) is 3.16. The molecule has 0 bridgehead atoms. The van der Waals surface area contributed by atoms with Crippen LogP contribution in [-0.2, 0) is 6.18 Å². The van der Waals surface area contributed by atoms with Crippen LogP contribution in [0.15, 0.2) is 24.3 Å². The molecule has 5 heteroatoms. The molecule has 0 amide bonds. The molecule has 0 saturated carbocycles. The third-order valence-corrected chi connectivity index (χ3v) is 3.33. The molecule has 100 valence electrons. The molecule has 1 saturated heterocycles. The standard InChI is InChI=1S/C13H17F3N2/c1-18(9-10-6-7-17-8-10)12-4-2-11(3-5-12)13(14,15)16/h2-5,10,17H,6-9H2,1H3. The minimum absolute atomic E-state index is 0.581. The number of alkyl halides is 3. The highest BCUT2D eigenvalue weighted by atomic mass is 19.4. The first-order valence-electron chi connectivity index (χ1n) is 6.06. The van der Waals surface area contributed by atoms with Crippen molar-refractivity contribution in [3.05, 3.63) is 29.8 Å². The summed E-state index contributed by atoms with van der Waals surface area (Å²) < 4.78 is 37.3. The van der Waals surface area contributed by atoms with Gasteiger partial charge in [-0.3, -0.25) is 0 Å². The molecule has 1 aromatic rings. The molecule has 1 N–H and O–H groups in total. The van der Waals surface area contributed by atoms with E-state index >= 15 is 0 Å². The lowest BCUT2D eigenvalue weighted by Gasteiger charge is -2.23.